The minimum absolute atomic E-state index is 0. The van der Waals surface area contributed by atoms with Gasteiger partial charge in [0.05, 0.1) is 92.0 Å². The number of azide groups is 1. The second-order valence-corrected chi connectivity index (χ2v) is 23.8. The summed E-state index contributed by atoms with van der Waals surface area (Å²) in [6.07, 6.45) is 27.8. The predicted octanol–water partition coefficient (Wildman–Crippen LogP) is 14.2. The Morgan fingerprint density at radius 1 is 0.552 bits per heavy atom. The molecule has 1 radical (unpaired) electrons. The van der Waals surface area contributed by atoms with Crippen LogP contribution in [0.3, 0.4) is 0 Å². The Balaban J connectivity index is -0.00000132. The smallest absolute Gasteiger partial charge is 0.383 e. The van der Waals surface area contributed by atoms with Crippen molar-refractivity contribution in [2.45, 2.75) is 111 Å². The van der Waals surface area contributed by atoms with E-state index in [-0.39, 0.29) is 118 Å². The molecular weight excluding hydrogens is 1700 g/mol. The van der Waals surface area contributed by atoms with Crippen LogP contribution in [0.4, 0.5) is 22.7 Å². The van der Waals surface area contributed by atoms with E-state index in [1.807, 2.05) is 97.6 Å². The maximum absolute atomic E-state index is 11.4. The van der Waals surface area contributed by atoms with Gasteiger partial charge in [-0.3, -0.25) is 59.8 Å². The normalized spacial score (nSPS) is 10.0. The van der Waals surface area contributed by atoms with Gasteiger partial charge in [0.1, 0.15) is 5.56 Å². The van der Waals surface area contributed by atoms with Crippen LogP contribution in [0.1, 0.15) is 169 Å². The number of methoxy groups -OCH3 is 2. The molecule has 0 saturated heterocycles. The van der Waals surface area contributed by atoms with Crippen LogP contribution in [0.15, 0.2) is 237 Å². The van der Waals surface area contributed by atoms with Gasteiger partial charge < -0.3 is 35.4 Å². The van der Waals surface area contributed by atoms with Gasteiger partial charge in [-0.15, -0.1) is 12.2 Å². The number of phenolic OH excluding ortho intramolecular Hbond substituents is 1. The molecular formula is C83H100N22O19Y. The first-order valence-corrected chi connectivity index (χ1v) is 34.0. The number of esters is 2. The van der Waals surface area contributed by atoms with Gasteiger partial charge in [0.2, 0.25) is 18.1 Å². The van der Waals surface area contributed by atoms with E-state index in [1.54, 1.807) is 125 Å². The van der Waals surface area contributed by atoms with E-state index in [9.17, 15) is 74.6 Å². The molecule has 7 N–H and O–H groups in total. The number of hydrogen-bond acceptors (Lipinski definition) is 29. The molecule has 3 atom stereocenters. The van der Waals surface area contributed by atoms with Crippen molar-refractivity contribution < 1.29 is 110 Å². The van der Waals surface area contributed by atoms with Crippen molar-refractivity contribution in [1.82, 2.24) is 53.1 Å². The number of nitro groups is 4. The number of aromatic hydroxyl groups is 1. The minimum atomic E-state index is -0.887. The molecule has 3 unspecified atom stereocenters. The fraction of sp³-hybridized carbons (Fsp3) is 0.217. The first-order chi connectivity index (χ1) is 56.1. The first-order valence-electron chi connectivity index (χ1n) is 34.0. The molecule has 12 aromatic heterocycles. The molecule has 0 fully saturated rings. The number of pyridine rings is 7. The number of hydrogen-bond donors (Lipinski definition) is 5. The molecule has 0 spiro atoms. The number of phenols is 1. The van der Waals surface area contributed by atoms with Crippen LogP contribution < -0.4 is 31.2 Å². The Hall–Kier alpha value is -15.3. The number of terminal acetylenes is 1. The Labute approximate surface area is 743 Å². The monoisotopic (exact) mass is 1800 g/mol. The number of non-ortho nitro benzene ring substituents is 2. The predicted molar refractivity (Wildman–Crippen MR) is 463 cm³/mol. The van der Waals surface area contributed by atoms with E-state index >= 15 is 0 Å². The number of aromatic nitrogens is 12. The molecule has 125 heavy (non-hydrogen) atoms. The van der Waals surface area contributed by atoms with Crippen LogP contribution >= 0.6 is 0 Å². The summed E-state index contributed by atoms with van der Waals surface area (Å²) in [5.41, 5.74) is 29.1. The van der Waals surface area contributed by atoms with E-state index < -0.39 is 66.2 Å². The molecule has 0 saturated carbocycles. The fourth-order valence-electron chi connectivity index (χ4n) is 9.31. The van der Waals surface area contributed by atoms with E-state index in [0.717, 1.165) is 79.0 Å². The molecule has 0 aliphatic carbocycles. The fourth-order valence-corrected chi connectivity index (χ4v) is 9.31. The number of benzene rings is 2. The zero-order valence-corrected chi connectivity index (χ0v) is 67.7. The third-order valence-corrected chi connectivity index (χ3v) is 15.6. The molecule has 0 amide bonds. The van der Waals surface area contributed by atoms with Crippen molar-refractivity contribution in [2.75, 3.05) is 14.2 Å². The van der Waals surface area contributed by atoms with Crippen LogP contribution in [-0.2, 0) is 47.0 Å². The largest absolute Gasteiger partial charge is 0.875 e. The number of rotatable bonds is 13. The number of ether oxygens (including phenoxy) is 2. The van der Waals surface area contributed by atoms with Crippen molar-refractivity contribution in [2.24, 2.45) is 16.7 Å². The van der Waals surface area contributed by atoms with E-state index in [2.05, 4.69) is 67.3 Å². The molecule has 659 valence electrons. The number of nitrogens with two attached hydrogens (primary N) is 2. The summed E-state index contributed by atoms with van der Waals surface area (Å²) >= 11 is 0. The number of carbonyl (C=O) groups excluding carboxylic acids is 5. The minimum Gasteiger partial charge on any atom is -0.875 e. The van der Waals surface area contributed by atoms with Crippen molar-refractivity contribution in [3.63, 3.8) is 0 Å². The van der Waals surface area contributed by atoms with Crippen LogP contribution in [0, 0.1) is 58.3 Å². The summed E-state index contributed by atoms with van der Waals surface area (Å²) in [4.78, 5) is 103. The molecule has 12 heterocycles. The van der Waals surface area contributed by atoms with Gasteiger partial charge in [-0.1, -0.05) is 67.9 Å². The molecule has 14 rings (SSSR count). The Bertz CT molecular complexity index is 5980. The number of aliphatic hydroxyl groups is 1. The number of carbonyl (C=O) groups is 5. The van der Waals surface area contributed by atoms with Gasteiger partial charge in [-0.05, 0) is 177 Å². The standard InChI is InChI=1S/C11H10N2O3.C9H9N5.C9H11N3.C9H10N2O.C9H8N2O.C7H8N2O.C7H7NO.C6H5N3O5.C6H4N2O5.C4H4O2.6CH4.Y/c1-7(14)8-3-4-13-10(5-8)9(6-12-13)11(15)16-2;1-7(12-13-10)8-3-5-14-9(6-8)2-4-11-14;1-7(10)8-3-5-12-9(6-8)2-4-11-12;2*1-7(12)8-3-5-11-9(6-8)2-4-10-11;1-6(10)7-2-4-9(8)5-3-7;1-6(9)7-2-4-8-5-3-7;7-14-6-2-1-4(8(10)11)3-5(6)9(12)13;9-6-2-1-4(7(10)11)3-5(6)8(12)13;1-3-4(5)6-2;;;;;;;/h3-6H,1-2H3;2-7H,1H3;2-7H,10H2,1H3;2-7,12H,1H3;2-6H,1H3;2-5H,1H3,(H-,8,10);2-5H,1H3;1-3H,7H2;1-3,9H;1H,2H3;6*1H4;. The summed E-state index contributed by atoms with van der Waals surface area (Å²) in [6, 6.07) is 38.3. The van der Waals surface area contributed by atoms with Gasteiger partial charge in [-0.25, -0.2) is 32.2 Å². The van der Waals surface area contributed by atoms with Gasteiger partial charge in [0.25, 0.3) is 11.4 Å². The van der Waals surface area contributed by atoms with Crippen LogP contribution in [0.25, 0.3) is 43.8 Å². The van der Waals surface area contributed by atoms with Gasteiger partial charge in [0.15, 0.2) is 23.1 Å². The zero-order chi connectivity index (χ0) is 87.3. The van der Waals surface area contributed by atoms with Gasteiger partial charge in [0, 0.05) is 159 Å². The SMILES string of the molecule is C.C.C.C.C.C.C#CC(=O)OC.CC(=O)c1ccn2nccc2c1.CC(=O)c1ccncc1.CC(N)c1ccn2nccc2c1.CC(N=[N+]=[N-])c1ccn2nccc2c1.CC(O)c1ccn2nccc2c1.CC([O-])=c1cc[n+](=N)cc1.COC(=O)c1cnn2ccc(C(C)=O)cc12.NOc1ccc([N+](=O)[O-])cc1[N+](=O)[O-].O=[N+]([O-])c1ccc(O)c([N+](=O)[O-])c1.[Y]. The van der Waals surface area contributed by atoms with Gasteiger partial charge >= 0.3 is 23.3 Å². The van der Waals surface area contributed by atoms with Crippen molar-refractivity contribution in [3.8, 4) is 23.8 Å². The summed E-state index contributed by atoms with van der Waals surface area (Å²) < 4.78 is 18.4. The number of fused-ring (bicyclic) bond motifs is 5. The van der Waals surface area contributed by atoms with E-state index in [0.29, 0.717) is 33.5 Å². The number of ketones is 3. The number of nitrogens with one attached hydrogen (secondary N) is 1. The maximum atomic E-state index is 11.4. The molecule has 0 bridgehead atoms. The number of nitro benzene ring substituents is 4. The molecule has 0 aliphatic heterocycles. The zero-order valence-electron chi connectivity index (χ0n) is 64.8. The topological polar surface area (TPSA) is 579 Å². The molecule has 42 heteroatoms. The van der Waals surface area contributed by atoms with Crippen LogP contribution in [0.5, 0.6) is 11.5 Å². The van der Waals surface area contributed by atoms with Crippen molar-refractivity contribution in [1.29, 1.82) is 5.53 Å². The quantitative estimate of drug-likeness (QED) is 0.00684. The maximum Gasteiger partial charge on any atom is 0.383 e. The van der Waals surface area contributed by atoms with Crippen LogP contribution in [-0.4, -0.2) is 126 Å². The summed E-state index contributed by atoms with van der Waals surface area (Å²) in [7, 11) is 2.54. The number of Topliss-reactive ketones (excluding diaryl/α,β-unsaturated/α-hetero) is 3. The number of aliphatic hydroxyl groups excluding tert-OH is 1. The summed E-state index contributed by atoms with van der Waals surface area (Å²) in [6.45, 7) is 11.7. The second-order valence-electron chi connectivity index (χ2n) is 23.8. The van der Waals surface area contributed by atoms with Gasteiger partial charge in [-0.2, -0.15) is 31.4 Å². The van der Waals surface area contributed by atoms with Crippen molar-refractivity contribution in [3.05, 3.63) is 327 Å². The average Bonchev–Trinajstić information content (AvgIpc) is 1.66. The Morgan fingerprint density at radius 2 is 0.968 bits per heavy atom. The van der Waals surface area contributed by atoms with E-state index in [1.165, 1.54) is 58.1 Å². The summed E-state index contributed by atoms with van der Waals surface area (Å²) in [5, 5.41) is 94.5. The number of nitrogens with zero attached hydrogens (tertiary/aromatic N) is 19. The van der Waals surface area contributed by atoms with Crippen molar-refractivity contribution >= 4 is 85.4 Å². The van der Waals surface area contributed by atoms with Crippen LogP contribution in [0.2, 0.25) is 0 Å². The summed E-state index contributed by atoms with van der Waals surface area (Å²) in [5.74, 6) is 4.73. The molecule has 14 aromatic rings. The second kappa shape index (κ2) is 57.0. The molecule has 41 nitrogen and oxygen atoms in total. The first kappa shape index (κ1) is 114. The molecule has 0 aliphatic rings. The average molecular weight is 1800 g/mol. The third kappa shape index (κ3) is 35.9. The Kier molecular flexibility index (Phi) is 51.9. The Morgan fingerprint density at radius 3 is 1.36 bits per heavy atom. The molecule has 2 aromatic carbocycles. The third-order valence-electron chi connectivity index (χ3n) is 15.6. The van der Waals surface area contributed by atoms with E-state index in [4.69, 9.17) is 27.8 Å².